The Hall–Kier alpha value is -0.830. The fraction of sp³-hybridized carbons (Fsp3) is 0.462. The molecular formula is C13H17BrO2. The van der Waals surface area contributed by atoms with E-state index >= 15 is 0 Å². The fourth-order valence-corrected chi connectivity index (χ4v) is 2.34. The maximum Gasteiger partial charge on any atom is 0.166 e. The summed E-state index contributed by atoms with van der Waals surface area (Å²) in [4.78, 5) is 12.0. The predicted octanol–water partition coefficient (Wildman–Crippen LogP) is 4.06. The van der Waals surface area contributed by atoms with Crippen molar-refractivity contribution in [3.8, 4) is 5.75 Å². The summed E-state index contributed by atoms with van der Waals surface area (Å²) in [6.07, 6.45) is 1.42. The Kier molecular flexibility index (Phi) is 4.54. The average molecular weight is 285 g/mol. The van der Waals surface area contributed by atoms with Gasteiger partial charge in [0.25, 0.3) is 0 Å². The van der Waals surface area contributed by atoms with Crippen LogP contribution in [0.15, 0.2) is 10.5 Å². The topological polar surface area (TPSA) is 26.3 Å². The molecule has 0 spiro atoms. The van der Waals surface area contributed by atoms with E-state index in [1.54, 1.807) is 7.11 Å². The van der Waals surface area contributed by atoms with E-state index < -0.39 is 0 Å². The first-order chi connectivity index (χ1) is 7.52. The number of rotatable bonds is 4. The first-order valence-corrected chi connectivity index (χ1v) is 6.19. The lowest BCUT2D eigenvalue weighted by atomic mass is 9.98. The Labute approximate surface area is 105 Å². The molecule has 1 aromatic rings. The van der Waals surface area contributed by atoms with Crippen LogP contribution < -0.4 is 4.74 Å². The molecule has 1 aromatic carbocycles. The molecule has 0 fully saturated rings. The first kappa shape index (κ1) is 13.2. The maximum absolute atomic E-state index is 12.0. The van der Waals surface area contributed by atoms with Crippen molar-refractivity contribution in [3.05, 3.63) is 27.2 Å². The monoisotopic (exact) mass is 284 g/mol. The minimum Gasteiger partial charge on any atom is -0.496 e. The van der Waals surface area contributed by atoms with E-state index in [2.05, 4.69) is 15.9 Å². The van der Waals surface area contributed by atoms with Gasteiger partial charge in [-0.2, -0.15) is 0 Å². The van der Waals surface area contributed by atoms with Gasteiger partial charge in [-0.15, -0.1) is 0 Å². The standard InChI is InChI=1S/C13H17BrO2/c1-5-6-11(15)12-9(3)10(14)7-8(2)13(12)16-4/h7H,5-6H2,1-4H3. The second-order valence-corrected chi connectivity index (χ2v) is 4.74. The van der Waals surface area contributed by atoms with Crippen molar-refractivity contribution in [2.45, 2.75) is 33.6 Å². The summed E-state index contributed by atoms with van der Waals surface area (Å²) >= 11 is 3.47. The van der Waals surface area contributed by atoms with Gasteiger partial charge in [-0.05, 0) is 37.5 Å². The largest absolute Gasteiger partial charge is 0.496 e. The highest BCUT2D eigenvalue weighted by Crippen LogP contribution is 2.33. The Morgan fingerprint density at radius 3 is 2.56 bits per heavy atom. The van der Waals surface area contributed by atoms with Gasteiger partial charge in [0, 0.05) is 10.9 Å². The summed E-state index contributed by atoms with van der Waals surface area (Å²) < 4.78 is 6.30. The molecule has 0 amide bonds. The van der Waals surface area contributed by atoms with Crippen LogP contribution in [0, 0.1) is 13.8 Å². The van der Waals surface area contributed by atoms with E-state index in [1.165, 1.54) is 0 Å². The third-order valence-electron chi connectivity index (χ3n) is 2.62. The van der Waals surface area contributed by atoms with Crippen LogP contribution >= 0.6 is 15.9 Å². The van der Waals surface area contributed by atoms with Gasteiger partial charge in [-0.3, -0.25) is 4.79 Å². The van der Waals surface area contributed by atoms with Gasteiger partial charge in [0.15, 0.2) is 5.78 Å². The lowest BCUT2D eigenvalue weighted by molar-refractivity contribution is 0.0978. The summed E-state index contributed by atoms with van der Waals surface area (Å²) in [6, 6.07) is 1.98. The smallest absolute Gasteiger partial charge is 0.166 e. The number of hydrogen-bond acceptors (Lipinski definition) is 2. The van der Waals surface area contributed by atoms with E-state index in [0.29, 0.717) is 12.2 Å². The number of ether oxygens (including phenoxy) is 1. The molecule has 0 unspecified atom stereocenters. The van der Waals surface area contributed by atoms with Crippen LogP contribution in [0.4, 0.5) is 0 Å². The molecule has 0 saturated carbocycles. The molecule has 0 aliphatic rings. The van der Waals surface area contributed by atoms with Crippen molar-refractivity contribution in [2.75, 3.05) is 7.11 Å². The highest BCUT2D eigenvalue weighted by atomic mass is 79.9. The van der Waals surface area contributed by atoms with Gasteiger partial charge in [0.2, 0.25) is 0 Å². The van der Waals surface area contributed by atoms with Gasteiger partial charge in [-0.1, -0.05) is 22.9 Å². The quantitative estimate of drug-likeness (QED) is 0.780. The molecule has 0 atom stereocenters. The maximum atomic E-state index is 12.0. The van der Waals surface area contributed by atoms with Crippen molar-refractivity contribution >= 4 is 21.7 Å². The highest BCUT2D eigenvalue weighted by Gasteiger charge is 2.18. The number of methoxy groups -OCH3 is 1. The zero-order valence-electron chi connectivity index (χ0n) is 10.2. The summed E-state index contributed by atoms with van der Waals surface area (Å²) in [5, 5.41) is 0. The van der Waals surface area contributed by atoms with Gasteiger partial charge in [0.05, 0.1) is 12.7 Å². The Morgan fingerprint density at radius 1 is 1.44 bits per heavy atom. The SMILES string of the molecule is CCCC(=O)c1c(C)c(Br)cc(C)c1OC. The van der Waals surface area contributed by atoms with Crippen LogP contribution in [0.3, 0.4) is 0 Å². The molecule has 0 N–H and O–H groups in total. The summed E-state index contributed by atoms with van der Waals surface area (Å²) in [7, 11) is 1.61. The molecule has 1 rings (SSSR count). The molecule has 16 heavy (non-hydrogen) atoms. The third-order valence-corrected chi connectivity index (χ3v) is 3.45. The Morgan fingerprint density at radius 2 is 2.06 bits per heavy atom. The van der Waals surface area contributed by atoms with Crippen LogP contribution in [0.25, 0.3) is 0 Å². The second kappa shape index (κ2) is 5.48. The molecule has 0 bridgehead atoms. The van der Waals surface area contributed by atoms with Crippen LogP contribution in [0.1, 0.15) is 41.3 Å². The molecule has 0 aromatic heterocycles. The molecule has 3 heteroatoms. The second-order valence-electron chi connectivity index (χ2n) is 3.88. The third kappa shape index (κ3) is 2.46. The molecule has 2 nitrogen and oxygen atoms in total. The number of benzene rings is 1. The van der Waals surface area contributed by atoms with E-state index in [4.69, 9.17) is 4.74 Å². The van der Waals surface area contributed by atoms with Crippen molar-refractivity contribution in [1.29, 1.82) is 0 Å². The van der Waals surface area contributed by atoms with Gasteiger partial charge in [-0.25, -0.2) is 0 Å². The van der Waals surface area contributed by atoms with E-state index in [9.17, 15) is 4.79 Å². The van der Waals surface area contributed by atoms with Crippen LogP contribution in [0.5, 0.6) is 5.75 Å². The van der Waals surface area contributed by atoms with Gasteiger partial charge >= 0.3 is 0 Å². The van der Waals surface area contributed by atoms with Crippen molar-refractivity contribution in [3.63, 3.8) is 0 Å². The van der Waals surface area contributed by atoms with E-state index in [0.717, 1.165) is 27.6 Å². The minimum atomic E-state index is 0.154. The van der Waals surface area contributed by atoms with E-state index in [1.807, 2.05) is 26.8 Å². The molecule has 0 saturated heterocycles. The summed E-state index contributed by atoms with van der Waals surface area (Å²) in [5.74, 6) is 0.861. The molecule has 0 radical (unpaired) electrons. The number of carbonyl (C=O) groups is 1. The van der Waals surface area contributed by atoms with Crippen molar-refractivity contribution in [1.82, 2.24) is 0 Å². The van der Waals surface area contributed by atoms with Gasteiger partial charge < -0.3 is 4.74 Å². The van der Waals surface area contributed by atoms with Crippen LogP contribution in [0.2, 0.25) is 0 Å². The molecular weight excluding hydrogens is 268 g/mol. The molecule has 0 aliphatic carbocycles. The average Bonchev–Trinajstić information content (AvgIpc) is 2.23. The number of ketones is 1. The number of halogens is 1. The Balaban J connectivity index is 3.38. The van der Waals surface area contributed by atoms with Crippen molar-refractivity contribution < 1.29 is 9.53 Å². The highest BCUT2D eigenvalue weighted by molar-refractivity contribution is 9.10. The van der Waals surface area contributed by atoms with Crippen LogP contribution in [-0.2, 0) is 0 Å². The lowest BCUT2D eigenvalue weighted by Gasteiger charge is -2.14. The number of hydrogen-bond donors (Lipinski definition) is 0. The summed E-state index contributed by atoms with van der Waals surface area (Å²) in [6.45, 7) is 5.89. The fourth-order valence-electron chi connectivity index (χ4n) is 1.80. The lowest BCUT2D eigenvalue weighted by Crippen LogP contribution is -2.06. The normalized spacial score (nSPS) is 10.3. The molecule has 0 aliphatic heterocycles. The zero-order chi connectivity index (χ0) is 12.3. The number of carbonyl (C=O) groups excluding carboxylic acids is 1. The number of Topliss-reactive ketones (excluding diaryl/α,β-unsaturated/α-hetero) is 1. The van der Waals surface area contributed by atoms with Crippen LogP contribution in [-0.4, -0.2) is 12.9 Å². The minimum absolute atomic E-state index is 0.154. The first-order valence-electron chi connectivity index (χ1n) is 5.39. The predicted molar refractivity (Wildman–Crippen MR) is 69.4 cm³/mol. The summed E-state index contributed by atoms with van der Waals surface area (Å²) in [5.41, 5.74) is 2.66. The number of aryl methyl sites for hydroxylation is 1. The Bertz CT molecular complexity index is 411. The van der Waals surface area contributed by atoms with Gasteiger partial charge in [0.1, 0.15) is 5.75 Å². The molecule has 0 heterocycles. The molecule has 88 valence electrons. The van der Waals surface area contributed by atoms with E-state index in [-0.39, 0.29) is 5.78 Å². The van der Waals surface area contributed by atoms with Crippen molar-refractivity contribution in [2.24, 2.45) is 0 Å². The zero-order valence-corrected chi connectivity index (χ0v) is 11.8.